The van der Waals surface area contributed by atoms with Gasteiger partial charge in [0, 0.05) is 11.1 Å². The number of nitrogens with zero attached hydrogens (tertiary/aromatic N) is 2. The highest BCUT2D eigenvalue weighted by atomic mass is 15.0. The van der Waals surface area contributed by atoms with E-state index in [2.05, 4.69) is 72.1 Å². The lowest BCUT2D eigenvalue weighted by Gasteiger charge is -2.07. The monoisotopic (exact) mass is 275 g/mol. The van der Waals surface area contributed by atoms with Crippen molar-refractivity contribution in [3.05, 3.63) is 83.8 Å². The molecule has 1 heterocycles. The van der Waals surface area contributed by atoms with E-state index >= 15 is 0 Å². The zero-order valence-corrected chi connectivity index (χ0v) is 12.5. The second kappa shape index (κ2) is 5.88. The zero-order valence-electron chi connectivity index (χ0n) is 12.5. The fourth-order valence-electron chi connectivity index (χ4n) is 2.49. The average molecular weight is 275 g/mol. The lowest BCUT2D eigenvalue weighted by atomic mass is 10.0. The van der Waals surface area contributed by atoms with Crippen LogP contribution in [0.2, 0.25) is 0 Å². The number of hydrogen-bond donors (Lipinski definition) is 0. The van der Waals surface area contributed by atoms with Gasteiger partial charge < -0.3 is 0 Å². The molecule has 0 fully saturated rings. The molecular weight excluding hydrogens is 256 g/mol. The molecule has 0 aliphatic carbocycles. The third-order valence-corrected chi connectivity index (χ3v) is 3.85. The van der Waals surface area contributed by atoms with Gasteiger partial charge >= 0.3 is 0 Å². The van der Waals surface area contributed by atoms with Crippen LogP contribution in [0, 0.1) is 13.8 Å². The van der Waals surface area contributed by atoms with Crippen LogP contribution in [0.1, 0.15) is 16.7 Å². The molecule has 2 aromatic carbocycles. The first-order valence-corrected chi connectivity index (χ1v) is 7.19. The topological polar surface area (TPSA) is 16.8 Å². The van der Waals surface area contributed by atoms with Crippen molar-refractivity contribution in [1.29, 1.82) is 0 Å². The highest BCUT2D eigenvalue weighted by molar-refractivity contribution is 5.63. The molecule has 0 aliphatic heterocycles. The second-order valence-electron chi connectivity index (χ2n) is 5.35. The molecule has 3 rings (SSSR count). The summed E-state index contributed by atoms with van der Waals surface area (Å²) in [6, 6.07) is 16.8. The quantitative estimate of drug-likeness (QED) is 0.666. The lowest BCUT2D eigenvalue weighted by Crippen LogP contribution is -2.33. The van der Waals surface area contributed by atoms with E-state index in [4.69, 9.17) is 0 Å². The van der Waals surface area contributed by atoms with Crippen molar-refractivity contribution >= 4 is 0 Å². The molecule has 3 aromatic rings. The summed E-state index contributed by atoms with van der Waals surface area (Å²) in [6.07, 6.45) is 6.01. The van der Waals surface area contributed by atoms with Crippen LogP contribution >= 0.6 is 0 Å². The van der Waals surface area contributed by atoms with Crippen LogP contribution in [0.25, 0.3) is 11.3 Å². The summed E-state index contributed by atoms with van der Waals surface area (Å²) in [7, 11) is 0. The summed E-state index contributed by atoms with van der Waals surface area (Å²) in [4.78, 5) is 4.53. The van der Waals surface area contributed by atoms with Crippen molar-refractivity contribution in [3.8, 4) is 11.3 Å². The third-order valence-electron chi connectivity index (χ3n) is 3.85. The van der Waals surface area contributed by atoms with Gasteiger partial charge in [-0.2, -0.15) is 4.57 Å². The number of aryl methyl sites for hydroxylation is 1. The maximum atomic E-state index is 4.53. The average Bonchev–Trinajstić information content (AvgIpc) is 2.51. The minimum atomic E-state index is 0.862. The SMILES string of the molecule is Cc1cccc(-c2c[n+](Cc3ccccc3)ccn2)c1C. The van der Waals surface area contributed by atoms with Gasteiger partial charge in [-0.1, -0.05) is 48.5 Å². The predicted molar refractivity (Wildman–Crippen MR) is 84.9 cm³/mol. The maximum absolute atomic E-state index is 4.53. The van der Waals surface area contributed by atoms with Crippen molar-refractivity contribution < 1.29 is 4.57 Å². The van der Waals surface area contributed by atoms with Crippen LogP contribution < -0.4 is 4.57 Å². The molecule has 0 atom stereocenters. The van der Waals surface area contributed by atoms with Crippen LogP contribution in [0.3, 0.4) is 0 Å². The Labute approximate surface area is 125 Å². The van der Waals surface area contributed by atoms with Gasteiger partial charge in [0.25, 0.3) is 0 Å². The molecule has 21 heavy (non-hydrogen) atoms. The predicted octanol–water partition coefficient (Wildman–Crippen LogP) is 3.70. The Morgan fingerprint density at radius 2 is 1.76 bits per heavy atom. The molecule has 0 radical (unpaired) electrons. The fourth-order valence-corrected chi connectivity index (χ4v) is 2.49. The van der Waals surface area contributed by atoms with Gasteiger partial charge in [-0.25, -0.2) is 4.98 Å². The van der Waals surface area contributed by atoms with Gasteiger partial charge in [0.2, 0.25) is 0 Å². The van der Waals surface area contributed by atoms with Crippen LogP contribution in [-0.2, 0) is 6.54 Å². The summed E-state index contributed by atoms with van der Waals surface area (Å²) >= 11 is 0. The van der Waals surface area contributed by atoms with E-state index in [9.17, 15) is 0 Å². The minimum Gasteiger partial charge on any atom is -0.244 e. The van der Waals surface area contributed by atoms with Crippen LogP contribution in [0.4, 0.5) is 0 Å². The summed E-state index contributed by atoms with van der Waals surface area (Å²) in [6.45, 7) is 5.15. The van der Waals surface area contributed by atoms with Crippen molar-refractivity contribution in [3.63, 3.8) is 0 Å². The fraction of sp³-hybridized carbons (Fsp3) is 0.158. The Hall–Kier alpha value is -2.48. The van der Waals surface area contributed by atoms with Crippen molar-refractivity contribution in [2.45, 2.75) is 20.4 Å². The number of aromatic nitrogens is 2. The molecular formula is C19H19N2+. The van der Waals surface area contributed by atoms with Crippen LogP contribution in [0.15, 0.2) is 67.1 Å². The number of benzene rings is 2. The third kappa shape index (κ3) is 3.00. The molecule has 0 saturated heterocycles. The smallest absolute Gasteiger partial charge is 0.195 e. The molecule has 0 saturated carbocycles. The Morgan fingerprint density at radius 1 is 0.952 bits per heavy atom. The molecule has 2 nitrogen and oxygen atoms in total. The van der Waals surface area contributed by atoms with Gasteiger partial charge in [-0.3, -0.25) is 0 Å². The maximum Gasteiger partial charge on any atom is 0.195 e. The Balaban J connectivity index is 1.95. The van der Waals surface area contributed by atoms with E-state index in [1.807, 2.05) is 18.5 Å². The molecule has 0 amide bonds. The Kier molecular flexibility index (Phi) is 3.78. The largest absolute Gasteiger partial charge is 0.244 e. The lowest BCUT2D eigenvalue weighted by molar-refractivity contribution is -0.688. The van der Waals surface area contributed by atoms with Gasteiger partial charge in [0.15, 0.2) is 18.9 Å². The first-order chi connectivity index (χ1) is 10.2. The van der Waals surface area contributed by atoms with Crippen molar-refractivity contribution in [2.75, 3.05) is 0 Å². The van der Waals surface area contributed by atoms with Gasteiger partial charge in [0.1, 0.15) is 5.69 Å². The summed E-state index contributed by atoms with van der Waals surface area (Å²) in [5, 5.41) is 0. The Morgan fingerprint density at radius 3 is 2.57 bits per heavy atom. The van der Waals surface area contributed by atoms with E-state index in [1.54, 1.807) is 0 Å². The normalized spacial score (nSPS) is 10.6. The van der Waals surface area contributed by atoms with E-state index in [0.717, 1.165) is 12.2 Å². The van der Waals surface area contributed by atoms with E-state index in [1.165, 1.54) is 22.3 Å². The number of rotatable bonds is 3. The first kappa shape index (κ1) is 13.5. The van der Waals surface area contributed by atoms with E-state index in [0.29, 0.717) is 0 Å². The molecule has 0 aliphatic rings. The van der Waals surface area contributed by atoms with Gasteiger partial charge in [-0.05, 0) is 25.0 Å². The van der Waals surface area contributed by atoms with E-state index < -0.39 is 0 Å². The molecule has 0 bridgehead atoms. The van der Waals surface area contributed by atoms with Crippen molar-refractivity contribution in [1.82, 2.24) is 4.98 Å². The zero-order chi connectivity index (χ0) is 14.7. The minimum absolute atomic E-state index is 0.862. The van der Waals surface area contributed by atoms with Crippen LogP contribution in [-0.4, -0.2) is 4.98 Å². The molecule has 2 heteroatoms. The Bertz CT molecular complexity index is 749. The van der Waals surface area contributed by atoms with E-state index in [-0.39, 0.29) is 0 Å². The second-order valence-corrected chi connectivity index (χ2v) is 5.35. The number of hydrogen-bond acceptors (Lipinski definition) is 1. The summed E-state index contributed by atoms with van der Waals surface area (Å²) in [5.41, 5.74) is 6.11. The summed E-state index contributed by atoms with van der Waals surface area (Å²) in [5.74, 6) is 0. The van der Waals surface area contributed by atoms with Crippen LogP contribution in [0.5, 0.6) is 0 Å². The highest BCUT2D eigenvalue weighted by Gasteiger charge is 2.10. The standard InChI is InChI=1S/C19H19N2/c1-15-7-6-10-18(16(15)2)19-14-21(12-11-20-19)13-17-8-4-3-5-9-17/h3-12,14H,13H2,1-2H3/q+1. The molecule has 0 N–H and O–H groups in total. The van der Waals surface area contributed by atoms with Crippen molar-refractivity contribution in [2.24, 2.45) is 0 Å². The molecule has 0 unspecified atom stereocenters. The van der Waals surface area contributed by atoms with Gasteiger partial charge in [0.05, 0.1) is 6.20 Å². The highest BCUT2D eigenvalue weighted by Crippen LogP contribution is 2.22. The van der Waals surface area contributed by atoms with Gasteiger partial charge in [-0.15, -0.1) is 0 Å². The molecule has 1 aromatic heterocycles. The molecule has 0 spiro atoms. The first-order valence-electron chi connectivity index (χ1n) is 7.19. The summed E-state index contributed by atoms with van der Waals surface area (Å²) < 4.78 is 2.18. The molecule has 104 valence electrons.